The Morgan fingerprint density at radius 3 is 2.72 bits per heavy atom. The third kappa shape index (κ3) is 4.06. The monoisotopic (exact) mass is 484 g/mol. The molecule has 2 fully saturated rings. The van der Waals surface area contributed by atoms with E-state index < -0.39 is 26.7 Å². The van der Waals surface area contributed by atoms with E-state index in [-0.39, 0.29) is 21.8 Å². The maximum absolute atomic E-state index is 15.3. The number of nitrogens with one attached hydrogen (secondary N) is 1. The molecule has 1 aliphatic carbocycles. The fourth-order valence-electron chi connectivity index (χ4n) is 5.44. The highest BCUT2D eigenvalue weighted by molar-refractivity contribution is 7.92. The molecule has 1 aliphatic heterocycles. The van der Waals surface area contributed by atoms with Crippen LogP contribution in [0.2, 0.25) is 5.02 Å². The number of pyridine rings is 1. The molecular formula is C22H27ClF2N4O2S. The van der Waals surface area contributed by atoms with E-state index in [1.165, 1.54) is 19.1 Å². The molecule has 10 heteroatoms. The van der Waals surface area contributed by atoms with Crippen LogP contribution in [0.4, 0.5) is 20.3 Å². The first-order valence-corrected chi connectivity index (χ1v) is 12.5. The van der Waals surface area contributed by atoms with E-state index in [9.17, 15) is 12.8 Å². The molecule has 0 unspecified atom stereocenters. The number of anilines is 2. The molecule has 4 rings (SSSR count). The molecule has 1 aromatic carbocycles. The van der Waals surface area contributed by atoms with Gasteiger partial charge in [0, 0.05) is 24.5 Å². The molecule has 2 heterocycles. The second-order valence-corrected chi connectivity index (χ2v) is 11.0. The van der Waals surface area contributed by atoms with Crippen LogP contribution in [0.1, 0.15) is 31.2 Å². The zero-order valence-corrected chi connectivity index (χ0v) is 19.9. The largest absolute Gasteiger partial charge is 0.370 e. The first kappa shape index (κ1) is 23.2. The van der Waals surface area contributed by atoms with Gasteiger partial charge < -0.3 is 9.80 Å². The minimum Gasteiger partial charge on any atom is -0.370 e. The van der Waals surface area contributed by atoms with E-state index >= 15 is 4.39 Å². The van der Waals surface area contributed by atoms with Gasteiger partial charge in [-0.2, -0.15) is 4.39 Å². The Kier molecular flexibility index (Phi) is 6.11. The molecule has 1 spiro atoms. The second kappa shape index (κ2) is 8.43. The summed E-state index contributed by atoms with van der Waals surface area (Å²) in [4.78, 5) is 7.26. The van der Waals surface area contributed by atoms with Crippen LogP contribution in [0.3, 0.4) is 0 Å². The standard InChI is InChI=1S/C22H27ClF2N4O2S/c1-14-12-15(29-11-10-22(13-29)9-5-6-16(22)28(2)3)19(23)20(25)21(14)32(30,31)27-18-8-4-7-17(24)26-18/h4,7-8,12,16H,5-6,9-11,13H2,1-3H3,(H,26,27)/t16-,22+/m0/s1. The summed E-state index contributed by atoms with van der Waals surface area (Å²) in [6.45, 7) is 3.02. The Hall–Kier alpha value is -1.97. The molecule has 32 heavy (non-hydrogen) atoms. The van der Waals surface area contributed by atoms with Gasteiger partial charge in [-0.25, -0.2) is 17.8 Å². The molecule has 1 aromatic heterocycles. The van der Waals surface area contributed by atoms with Gasteiger partial charge in [-0.3, -0.25) is 4.72 Å². The molecule has 1 N–H and O–H groups in total. The third-order valence-electron chi connectivity index (χ3n) is 6.76. The Morgan fingerprint density at radius 2 is 2.03 bits per heavy atom. The number of hydrogen-bond donors (Lipinski definition) is 1. The molecular weight excluding hydrogens is 458 g/mol. The SMILES string of the molecule is Cc1cc(N2CC[C@]3(CCC[C@@H]3N(C)C)C2)c(Cl)c(F)c1S(=O)(=O)Nc1cccc(F)n1. The topological polar surface area (TPSA) is 65.5 Å². The van der Waals surface area contributed by atoms with Crippen molar-refractivity contribution in [2.24, 2.45) is 5.41 Å². The summed E-state index contributed by atoms with van der Waals surface area (Å²) in [5.74, 6) is -2.09. The quantitative estimate of drug-likeness (QED) is 0.636. The maximum atomic E-state index is 15.3. The Labute approximate surface area is 192 Å². The highest BCUT2D eigenvalue weighted by Crippen LogP contribution is 2.49. The van der Waals surface area contributed by atoms with Crippen LogP contribution in [-0.2, 0) is 10.0 Å². The van der Waals surface area contributed by atoms with Crippen LogP contribution >= 0.6 is 11.6 Å². The van der Waals surface area contributed by atoms with Crippen molar-refractivity contribution in [3.05, 3.63) is 46.6 Å². The van der Waals surface area contributed by atoms with Crippen molar-refractivity contribution in [3.63, 3.8) is 0 Å². The van der Waals surface area contributed by atoms with Gasteiger partial charge in [-0.1, -0.05) is 24.1 Å². The Morgan fingerprint density at radius 1 is 1.28 bits per heavy atom. The number of rotatable bonds is 5. The van der Waals surface area contributed by atoms with Gasteiger partial charge in [0.15, 0.2) is 5.82 Å². The van der Waals surface area contributed by atoms with Crippen LogP contribution in [0, 0.1) is 24.1 Å². The van der Waals surface area contributed by atoms with Gasteiger partial charge in [0.05, 0.1) is 5.69 Å². The van der Waals surface area contributed by atoms with E-state index in [0.29, 0.717) is 11.7 Å². The van der Waals surface area contributed by atoms with Gasteiger partial charge in [-0.05, 0) is 64.0 Å². The molecule has 6 nitrogen and oxygen atoms in total. The first-order chi connectivity index (χ1) is 15.0. The summed E-state index contributed by atoms with van der Waals surface area (Å²) in [5.41, 5.74) is 0.861. The van der Waals surface area contributed by atoms with Crippen LogP contribution < -0.4 is 9.62 Å². The van der Waals surface area contributed by atoms with E-state index in [4.69, 9.17) is 11.6 Å². The summed E-state index contributed by atoms with van der Waals surface area (Å²) in [7, 11) is -0.171. The van der Waals surface area contributed by atoms with E-state index in [2.05, 4.69) is 33.6 Å². The van der Waals surface area contributed by atoms with Crippen LogP contribution in [0.15, 0.2) is 29.2 Å². The Bertz CT molecular complexity index is 1140. The lowest BCUT2D eigenvalue weighted by atomic mass is 9.81. The first-order valence-electron chi connectivity index (χ1n) is 10.6. The lowest BCUT2D eigenvalue weighted by Gasteiger charge is -2.36. The summed E-state index contributed by atoms with van der Waals surface area (Å²) in [5, 5.41) is -0.223. The van der Waals surface area contributed by atoms with Gasteiger partial charge >= 0.3 is 0 Å². The summed E-state index contributed by atoms with van der Waals surface area (Å²) >= 11 is 6.38. The molecule has 2 aliphatic rings. The number of halogens is 3. The highest BCUT2D eigenvalue weighted by atomic mass is 35.5. The lowest BCUT2D eigenvalue weighted by molar-refractivity contribution is 0.153. The van der Waals surface area contributed by atoms with E-state index in [1.807, 2.05) is 0 Å². The predicted molar refractivity (Wildman–Crippen MR) is 122 cm³/mol. The molecule has 2 atom stereocenters. The van der Waals surface area contributed by atoms with Gasteiger partial charge in [0.25, 0.3) is 10.0 Å². The molecule has 1 saturated carbocycles. The third-order valence-corrected chi connectivity index (χ3v) is 8.64. The van der Waals surface area contributed by atoms with Crippen LogP contribution in [0.25, 0.3) is 0 Å². The van der Waals surface area contributed by atoms with Crippen molar-refractivity contribution in [1.29, 1.82) is 0 Å². The summed E-state index contributed by atoms with van der Waals surface area (Å²) in [6.07, 6.45) is 4.40. The lowest BCUT2D eigenvalue weighted by Crippen LogP contribution is -2.42. The Balaban J connectivity index is 1.65. The van der Waals surface area contributed by atoms with Crippen LogP contribution in [0.5, 0.6) is 0 Å². The van der Waals surface area contributed by atoms with Gasteiger partial charge in [-0.15, -0.1) is 0 Å². The van der Waals surface area contributed by atoms with Crippen molar-refractivity contribution in [2.75, 3.05) is 36.8 Å². The minimum absolute atomic E-state index is 0.132. The van der Waals surface area contributed by atoms with Crippen molar-refractivity contribution in [2.45, 2.75) is 43.5 Å². The minimum atomic E-state index is -4.36. The zero-order valence-electron chi connectivity index (χ0n) is 18.3. The van der Waals surface area contributed by atoms with Gasteiger partial charge in [0.2, 0.25) is 5.95 Å². The average Bonchev–Trinajstić information content (AvgIpc) is 3.31. The fourth-order valence-corrected chi connectivity index (χ4v) is 7.07. The fraction of sp³-hybridized carbons (Fsp3) is 0.500. The smallest absolute Gasteiger partial charge is 0.266 e. The molecule has 0 amide bonds. The molecule has 0 bridgehead atoms. The van der Waals surface area contributed by atoms with Gasteiger partial charge in [0.1, 0.15) is 15.7 Å². The second-order valence-electron chi connectivity index (χ2n) is 9.03. The highest BCUT2D eigenvalue weighted by Gasteiger charge is 2.48. The summed E-state index contributed by atoms with van der Waals surface area (Å²) in [6, 6.07) is 5.77. The van der Waals surface area contributed by atoms with Crippen molar-refractivity contribution < 1.29 is 17.2 Å². The number of aryl methyl sites for hydroxylation is 1. The average molecular weight is 485 g/mol. The zero-order chi connectivity index (χ0) is 23.3. The number of nitrogens with zero attached hydrogens (tertiary/aromatic N) is 3. The molecule has 0 radical (unpaired) electrons. The van der Waals surface area contributed by atoms with E-state index in [1.54, 1.807) is 6.07 Å². The number of hydrogen-bond acceptors (Lipinski definition) is 5. The van der Waals surface area contributed by atoms with E-state index in [0.717, 1.165) is 44.8 Å². The molecule has 2 aromatic rings. The number of aromatic nitrogens is 1. The number of sulfonamides is 1. The summed E-state index contributed by atoms with van der Waals surface area (Å²) < 4.78 is 56.6. The maximum Gasteiger partial charge on any atom is 0.266 e. The van der Waals surface area contributed by atoms with Crippen LogP contribution in [-0.4, -0.2) is 51.5 Å². The van der Waals surface area contributed by atoms with Crippen molar-refractivity contribution >= 4 is 33.1 Å². The normalized spacial score (nSPS) is 23.5. The number of benzene rings is 1. The molecule has 1 saturated heterocycles. The van der Waals surface area contributed by atoms with Crippen molar-refractivity contribution in [3.8, 4) is 0 Å². The van der Waals surface area contributed by atoms with Crippen molar-refractivity contribution in [1.82, 2.24) is 9.88 Å². The predicted octanol–water partition coefficient (Wildman–Crippen LogP) is 4.43. The molecule has 174 valence electrons.